The fraction of sp³-hybridized carbons (Fsp3) is 0.533. The number of ketones is 1. The highest BCUT2D eigenvalue weighted by Crippen LogP contribution is 2.57. The summed E-state index contributed by atoms with van der Waals surface area (Å²) in [6, 6.07) is 8.87. The summed E-state index contributed by atoms with van der Waals surface area (Å²) in [6.45, 7) is 6.28. The summed E-state index contributed by atoms with van der Waals surface area (Å²) < 4.78 is 15.8. The molecule has 3 aliphatic rings. The largest absolute Gasteiger partial charge is 0.393 e. The van der Waals surface area contributed by atoms with Crippen LogP contribution in [-0.4, -0.2) is 35.0 Å². The average Bonchev–Trinajstić information content (AvgIpc) is 3.31. The molecular formula is C30H35Cl2FN2O3. The highest BCUT2D eigenvalue weighted by atomic mass is 35.5. The number of Topliss-reactive ketones (excluding diaryl/α,β-unsaturated/α-hetero) is 1. The third kappa shape index (κ3) is 4.78. The molecule has 8 heteroatoms. The summed E-state index contributed by atoms with van der Waals surface area (Å²) in [7, 11) is 0. The first-order chi connectivity index (χ1) is 17.9. The number of rotatable bonds is 5. The minimum absolute atomic E-state index is 0.0400. The van der Waals surface area contributed by atoms with Crippen LogP contribution in [0.25, 0.3) is 0 Å². The van der Waals surface area contributed by atoms with Crippen molar-refractivity contribution in [3.63, 3.8) is 0 Å². The first-order valence-corrected chi connectivity index (χ1v) is 14.2. The van der Waals surface area contributed by atoms with Crippen molar-refractivity contribution < 1.29 is 19.1 Å². The van der Waals surface area contributed by atoms with E-state index in [1.165, 1.54) is 6.07 Å². The first kappa shape index (κ1) is 27.6. The highest BCUT2D eigenvalue weighted by Gasteiger charge is 2.66. The third-order valence-electron chi connectivity index (χ3n) is 8.59. The Balaban J connectivity index is 1.67. The number of aliphatic hydroxyl groups is 1. The molecule has 0 bridgehead atoms. The number of nitrogens with one attached hydrogen (secondary N) is 2. The predicted octanol–water partition coefficient (Wildman–Crippen LogP) is 6.39. The van der Waals surface area contributed by atoms with E-state index in [1.54, 1.807) is 24.3 Å². The Bertz CT molecular complexity index is 1250. The van der Waals surface area contributed by atoms with Crippen molar-refractivity contribution in [2.45, 2.75) is 88.8 Å². The Labute approximate surface area is 233 Å². The zero-order valence-electron chi connectivity index (χ0n) is 22.0. The maximum atomic E-state index is 15.8. The number of benzene rings is 2. The molecule has 2 fully saturated rings. The van der Waals surface area contributed by atoms with Gasteiger partial charge in [0, 0.05) is 29.1 Å². The first-order valence-electron chi connectivity index (χ1n) is 13.4. The zero-order chi connectivity index (χ0) is 27.4. The summed E-state index contributed by atoms with van der Waals surface area (Å²) in [5.41, 5.74) is 0.146. The number of fused-ring (bicyclic) bond motifs is 2. The minimum atomic E-state index is -1.23. The van der Waals surface area contributed by atoms with Gasteiger partial charge in [0.15, 0.2) is 5.78 Å². The number of amides is 1. The van der Waals surface area contributed by atoms with E-state index in [-0.39, 0.29) is 39.7 Å². The molecule has 3 N–H and O–H groups in total. The Morgan fingerprint density at radius 2 is 1.84 bits per heavy atom. The summed E-state index contributed by atoms with van der Waals surface area (Å²) >= 11 is 12.6. The van der Waals surface area contributed by atoms with Crippen molar-refractivity contribution in [2.24, 2.45) is 11.3 Å². The number of carbonyl (C=O) groups excluding carboxylic acids is 2. The summed E-state index contributed by atoms with van der Waals surface area (Å²) in [5, 5.41) is 16.9. The molecule has 1 saturated heterocycles. The van der Waals surface area contributed by atoms with Gasteiger partial charge in [0.1, 0.15) is 11.2 Å². The van der Waals surface area contributed by atoms with Gasteiger partial charge in [0.25, 0.3) is 0 Å². The topological polar surface area (TPSA) is 78.4 Å². The average molecular weight is 562 g/mol. The number of halogens is 3. The van der Waals surface area contributed by atoms with Crippen LogP contribution in [0, 0.1) is 17.2 Å². The van der Waals surface area contributed by atoms with Gasteiger partial charge in [-0.15, -0.1) is 0 Å². The van der Waals surface area contributed by atoms with Crippen molar-refractivity contribution in [1.29, 1.82) is 0 Å². The Morgan fingerprint density at radius 3 is 2.53 bits per heavy atom. The number of carbonyl (C=O) groups is 2. The molecule has 5 rings (SSSR count). The summed E-state index contributed by atoms with van der Waals surface area (Å²) in [4.78, 5) is 28.2. The monoisotopic (exact) mass is 560 g/mol. The van der Waals surface area contributed by atoms with Gasteiger partial charge in [-0.25, -0.2) is 4.39 Å². The minimum Gasteiger partial charge on any atom is -0.393 e. The molecule has 1 amide bonds. The van der Waals surface area contributed by atoms with Crippen LogP contribution in [0.5, 0.6) is 0 Å². The third-order valence-corrected chi connectivity index (χ3v) is 9.12. The van der Waals surface area contributed by atoms with Crippen LogP contribution in [0.3, 0.4) is 0 Å². The number of anilines is 1. The lowest BCUT2D eigenvalue weighted by molar-refractivity contribution is -0.123. The second kappa shape index (κ2) is 10.2. The van der Waals surface area contributed by atoms with Crippen LogP contribution < -0.4 is 10.6 Å². The molecule has 0 aromatic heterocycles. The lowest BCUT2D eigenvalue weighted by atomic mass is 9.62. The Kier molecular flexibility index (Phi) is 7.40. The molecule has 38 heavy (non-hydrogen) atoms. The fourth-order valence-electron chi connectivity index (χ4n) is 6.96. The van der Waals surface area contributed by atoms with Gasteiger partial charge in [-0.3, -0.25) is 9.59 Å². The molecule has 204 valence electrons. The van der Waals surface area contributed by atoms with E-state index >= 15 is 4.39 Å². The van der Waals surface area contributed by atoms with E-state index in [0.717, 1.165) is 12.8 Å². The van der Waals surface area contributed by atoms with Crippen molar-refractivity contribution in [3.8, 4) is 0 Å². The zero-order valence-corrected chi connectivity index (χ0v) is 23.5. The van der Waals surface area contributed by atoms with Gasteiger partial charge in [-0.2, -0.15) is 0 Å². The molecule has 5 nitrogen and oxygen atoms in total. The predicted molar refractivity (Wildman–Crippen MR) is 148 cm³/mol. The molecule has 2 aliphatic heterocycles. The SMILES string of the molecule is CC(C)(C)C[C@H]1N[C@@H](C(=O)CC2CCC(O)CC2)[C@H](c2cccc(Cl)c2F)[C@@]12C(=O)Nc1cc(Cl)ccc12. The molecule has 0 radical (unpaired) electrons. The Hall–Kier alpha value is -1.99. The van der Waals surface area contributed by atoms with Crippen molar-refractivity contribution in [2.75, 3.05) is 5.32 Å². The van der Waals surface area contributed by atoms with Gasteiger partial charge in [0.2, 0.25) is 5.91 Å². The van der Waals surface area contributed by atoms with Crippen molar-refractivity contribution in [3.05, 3.63) is 63.4 Å². The van der Waals surface area contributed by atoms with Crippen LogP contribution in [0.15, 0.2) is 36.4 Å². The van der Waals surface area contributed by atoms with E-state index in [4.69, 9.17) is 23.2 Å². The molecule has 2 aromatic rings. The lowest BCUT2D eigenvalue weighted by Crippen LogP contribution is -2.49. The molecule has 0 unspecified atom stereocenters. The quantitative estimate of drug-likeness (QED) is 0.395. The van der Waals surface area contributed by atoms with Gasteiger partial charge in [-0.1, -0.05) is 62.2 Å². The smallest absolute Gasteiger partial charge is 0.237 e. The molecule has 1 aliphatic carbocycles. The fourth-order valence-corrected chi connectivity index (χ4v) is 7.32. The molecule has 2 heterocycles. The maximum Gasteiger partial charge on any atom is 0.237 e. The van der Waals surface area contributed by atoms with Gasteiger partial charge in [-0.05, 0) is 72.8 Å². The molecular weight excluding hydrogens is 526 g/mol. The summed E-state index contributed by atoms with van der Waals surface area (Å²) in [5.74, 6) is -1.57. The van der Waals surface area contributed by atoms with Gasteiger partial charge in [0.05, 0.1) is 17.2 Å². The molecule has 1 spiro atoms. The van der Waals surface area contributed by atoms with Gasteiger partial charge < -0.3 is 15.7 Å². The Morgan fingerprint density at radius 1 is 1.13 bits per heavy atom. The normalized spacial score (nSPS) is 30.9. The molecule has 1 saturated carbocycles. The van der Waals surface area contributed by atoms with E-state index in [2.05, 4.69) is 31.4 Å². The van der Waals surface area contributed by atoms with E-state index < -0.39 is 29.2 Å². The molecule has 4 atom stereocenters. The summed E-state index contributed by atoms with van der Waals surface area (Å²) in [6.07, 6.45) is 3.48. The molecule has 2 aromatic carbocycles. The second-order valence-electron chi connectivity index (χ2n) is 12.4. The maximum absolute atomic E-state index is 15.8. The van der Waals surface area contributed by atoms with Gasteiger partial charge >= 0.3 is 0 Å². The standard InChI is InChI=1S/C30H35Cl2FN2O3/c1-29(2,3)15-24-30(20-12-9-17(31)14-22(20)34-28(30)38)25(19-5-4-6-21(32)26(19)33)27(35-24)23(37)13-16-7-10-18(36)11-8-16/h4-6,9,12,14,16,18,24-25,27,35-36H,7-8,10-11,13,15H2,1-3H3,(H,34,38)/t16?,18?,24-,25+,27+,30+/m1/s1. The van der Waals surface area contributed by atoms with Crippen molar-refractivity contribution >= 4 is 40.6 Å². The number of hydrogen-bond acceptors (Lipinski definition) is 4. The number of hydrogen-bond donors (Lipinski definition) is 3. The second-order valence-corrected chi connectivity index (χ2v) is 13.3. The highest BCUT2D eigenvalue weighted by molar-refractivity contribution is 6.31. The van der Waals surface area contributed by atoms with Crippen molar-refractivity contribution in [1.82, 2.24) is 5.32 Å². The number of aliphatic hydroxyl groups excluding tert-OH is 1. The van der Waals surface area contributed by atoms with E-state index in [0.29, 0.717) is 42.0 Å². The van der Waals surface area contributed by atoms with Crippen LogP contribution in [0.1, 0.15) is 76.3 Å². The van der Waals surface area contributed by atoms with Crippen LogP contribution in [0.2, 0.25) is 10.0 Å². The van der Waals surface area contributed by atoms with Crippen LogP contribution >= 0.6 is 23.2 Å². The lowest BCUT2D eigenvalue weighted by Gasteiger charge is -2.38. The van der Waals surface area contributed by atoms with Crippen LogP contribution in [-0.2, 0) is 15.0 Å². The van der Waals surface area contributed by atoms with Crippen LogP contribution in [0.4, 0.5) is 10.1 Å². The van der Waals surface area contributed by atoms with E-state index in [1.807, 2.05) is 6.07 Å². The van der Waals surface area contributed by atoms with E-state index in [9.17, 15) is 14.7 Å².